The van der Waals surface area contributed by atoms with Gasteiger partial charge in [0.15, 0.2) is 5.16 Å². The Labute approximate surface area is 114 Å². The maximum absolute atomic E-state index is 4.24. The lowest BCUT2D eigenvalue weighted by atomic mass is 10.4. The molecule has 0 radical (unpaired) electrons. The molecule has 1 aromatic carbocycles. The average Bonchev–Trinajstić information content (AvgIpc) is 2.25. The van der Waals surface area contributed by atoms with E-state index >= 15 is 0 Å². The summed E-state index contributed by atoms with van der Waals surface area (Å²) in [6, 6.07) is 8.04. The molecule has 2 aromatic rings. The van der Waals surface area contributed by atoms with E-state index in [1.54, 1.807) is 11.8 Å². The molecule has 0 atom stereocenters. The van der Waals surface area contributed by atoms with Crippen molar-refractivity contribution in [1.82, 2.24) is 9.97 Å². The van der Waals surface area contributed by atoms with E-state index in [0.717, 1.165) is 18.1 Å². The molecule has 15 heavy (non-hydrogen) atoms. The maximum Gasteiger partial charge on any atom is 0.192 e. The molecule has 2 rings (SSSR count). The van der Waals surface area contributed by atoms with Crippen molar-refractivity contribution in [2.24, 2.45) is 0 Å². The number of aromatic nitrogens is 2. The summed E-state index contributed by atoms with van der Waals surface area (Å²) in [7, 11) is 0. The summed E-state index contributed by atoms with van der Waals surface area (Å²) < 4.78 is 2.11. The lowest BCUT2D eigenvalue weighted by Gasteiger charge is -2.01. The topological polar surface area (TPSA) is 25.8 Å². The van der Waals surface area contributed by atoms with Gasteiger partial charge in [0.05, 0.1) is 0 Å². The summed E-state index contributed by atoms with van der Waals surface area (Å²) in [6.45, 7) is 0. The monoisotopic (exact) mass is 392 g/mol. The Kier molecular flexibility index (Phi) is 3.99. The van der Waals surface area contributed by atoms with Crippen LogP contribution in [0.3, 0.4) is 0 Å². The van der Waals surface area contributed by atoms with Crippen molar-refractivity contribution in [2.75, 3.05) is 0 Å². The molecule has 0 bridgehead atoms. The molecule has 0 unspecified atom stereocenters. The number of nitrogens with zero attached hydrogens (tertiary/aromatic N) is 2. The molecular weight excluding hydrogens is 387 g/mol. The maximum atomic E-state index is 4.24. The van der Waals surface area contributed by atoms with E-state index in [0.29, 0.717) is 0 Å². The number of hydrogen-bond acceptors (Lipinski definition) is 3. The predicted octanol–water partition coefficient (Wildman–Crippen LogP) is 3.99. The van der Waals surface area contributed by atoms with Crippen LogP contribution >= 0.6 is 50.3 Å². The van der Waals surface area contributed by atoms with Crippen LogP contribution < -0.4 is 0 Å². The third-order valence-corrected chi connectivity index (χ3v) is 4.11. The zero-order valence-electron chi connectivity index (χ0n) is 7.52. The largest absolute Gasteiger partial charge is 0.230 e. The van der Waals surface area contributed by atoms with Gasteiger partial charge in [-0.1, -0.05) is 12.1 Å². The molecule has 2 nitrogen and oxygen atoms in total. The van der Waals surface area contributed by atoms with E-state index in [1.807, 2.05) is 36.7 Å². The first-order valence-electron chi connectivity index (χ1n) is 4.15. The van der Waals surface area contributed by atoms with Gasteiger partial charge in [0.2, 0.25) is 0 Å². The molecule has 1 aromatic heterocycles. The fourth-order valence-electron chi connectivity index (χ4n) is 0.979. The minimum atomic E-state index is 0.766. The highest BCUT2D eigenvalue weighted by molar-refractivity contribution is 14.1. The van der Waals surface area contributed by atoms with Gasteiger partial charge >= 0.3 is 0 Å². The Balaban J connectivity index is 2.22. The fraction of sp³-hybridized carbons (Fsp3) is 0. The van der Waals surface area contributed by atoms with Crippen LogP contribution in [0.25, 0.3) is 0 Å². The van der Waals surface area contributed by atoms with Gasteiger partial charge in [-0.05, 0) is 62.4 Å². The van der Waals surface area contributed by atoms with Crippen LogP contribution in [0.4, 0.5) is 0 Å². The van der Waals surface area contributed by atoms with E-state index in [-0.39, 0.29) is 0 Å². The third-order valence-electron chi connectivity index (χ3n) is 1.63. The Morgan fingerprint density at radius 2 is 1.80 bits per heavy atom. The van der Waals surface area contributed by atoms with E-state index in [9.17, 15) is 0 Å². The van der Waals surface area contributed by atoms with Crippen molar-refractivity contribution in [2.45, 2.75) is 10.1 Å². The van der Waals surface area contributed by atoms with E-state index < -0.39 is 0 Å². The second-order valence-electron chi connectivity index (χ2n) is 2.72. The van der Waals surface area contributed by atoms with Crippen LogP contribution in [0.1, 0.15) is 0 Å². The summed E-state index contributed by atoms with van der Waals surface area (Å²) >= 11 is 7.23. The highest BCUT2D eigenvalue weighted by Crippen LogP contribution is 2.30. The molecular formula is C10H6BrIN2S. The SMILES string of the molecule is Brc1ccccc1Sc1ncc(I)cn1. The first kappa shape index (κ1) is 11.3. The molecule has 0 aliphatic heterocycles. The standard InChI is InChI=1S/C10H6BrIN2S/c11-8-3-1-2-4-9(8)15-10-13-5-7(12)6-14-10/h1-6H. The normalized spacial score (nSPS) is 10.3. The molecule has 0 N–H and O–H groups in total. The molecule has 0 spiro atoms. The number of halogens is 2. The van der Waals surface area contributed by atoms with Gasteiger partial charge < -0.3 is 0 Å². The van der Waals surface area contributed by atoms with Crippen molar-refractivity contribution < 1.29 is 0 Å². The van der Waals surface area contributed by atoms with Gasteiger partial charge in [-0.3, -0.25) is 0 Å². The van der Waals surface area contributed by atoms with Gasteiger partial charge in [-0.25, -0.2) is 9.97 Å². The van der Waals surface area contributed by atoms with Gasteiger partial charge in [0.1, 0.15) is 0 Å². The summed E-state index contributed by atoms with van der Waals surface area (Å²) in [6.07, 6.45) is 3.62. The quantitative estimate of drug-likeness (QED) is 0.570. The molecule has 0 aliphatic rings. The highest BCUT2D eigenvalue weighted by atomic mass is 127. The summed E-state index contributed by atoms with van der Waals surface area (Å²) in [5.74, 6) is 0. The van der Waals surface area contributed by atoms with Crippen molar-refractivity contribution in [3.8, 4) is 0 Å². The molecule has 5 heteroatoms. The second-order valence-corrected chi connectivity index (χ2v) is 5.83. The van der Waals surface area contributed by atoms with Crippen molar-refractivity contribution in [1.29, 1.82) is 0 Å². The van der Waals surface area contributed by atoms with Gasteiger partial charge in [-0.15, -0.1) is 0 Å². The van der Waals surface area contributed by atoms with Crippen LogP contribution in [0.5, 0.6) is 0 Å². The molecule has 0 fully saturated rings. The van der Waals surface area contributed by atoms with Crippen molar-refractivity contribution in [3.05, 3.63) is 44.7 Å². The first-order chi connectivity index (χ1) is 7.25. The molecule has 0 saturated carbocycles. The van der Waals surface area contributed by atoms with Gasteiger partial charge in [0.25, 0.3) is 0 Å². The van der Waals surface area contributed by atoms with Crippen LogP contribution in [-0.2, 0) is 0 Å². The Bertz CT molecular complexity index is 461. The number of hydrogen-bond donors (Lipinski definition) is 0. The Hall–Kier alpha value is -0.140. The van der Waals surface area contributed by atoms with Crippen molar-refractivity contribution >= 4 is 50.3 Å². The zero-order valence-corrected chi connectivity index (χ0v) is 12.1. The van der Waals surface area contributed by atoms with Gasteiger partial charge in [0, 0.05) is 25.3 Å². The van der Waals surface area contributed by atoms with Gasteiger partial charge in [-0.2, -0.15) is 0 Å². The van der Waals surface area contributed by atoms with Crippen LogP contribution in [-0.4, -0.2) is 9.97 Å². The summed E-state index contributed by atoms with van der Waals surface area (Å²) in [4.78, 5) is 9.60. The number of benzene rings is 1. The Morgan fingerprint density at radius 1 is 1.13 bits per heavy atom. The van der Waals surface area contributed by atoms with E-state index in [4.69, 9.17) is 0 Å². The van der Waals surface area contributed by atoms with Crippen LogP contribution in [0, 0.1) is 3.57 Å². The first-order valence-corrected chi connectivity index (χ1v) is 6.84. The fourth-order valence-corrected chi connectivity index (χ4v) is 2.50. The molecule has 76 valence electrons. The van der Waals surface area contributed by atoms with Crippen molar-refractivity contribution in [3.63, 3.8) is 0 Å². The van der Waals surface area contributed by atoms with E-state index in [2.05, 4.69) is 48.5 Å². The van der Waals surface area contributed by atoms with Crippen LogP contribution in [0.15, 0.2) is 51.2 Å². The third kappa shape index (κ3) is 3.15. The minimum absolute atomic E-state index is 0.766. The Morgan fingerprint density at radius 3 is 2.47 bits per heavy atom. The minimum Gasteiger partial charge on any atom is -0.230 e. The van der Waals surface area contributed by atoms with E-state index in [1.165, 1.54) is 0 Å². The highest BCUT2D eigenvalue weighted by Gasteiger charge is 2.03. The second kappa shape index (κ2) is 5.27. The zero-order chi connectivity index (χ0) is 10.7. The molecule has 0 saturated heterocycles. The average molecular weight is 393 g/mol. The molecule has 0 aliphatic carbocycles. The van der Waals surface area contributed by atoms with Crippen LogP contribution in [0.2, 0.25) is 0 Å². The molecule has 0 amide bonds. The smallest absolute Gasteiger partial charge is 0.192 e. The predicted molar refractivity (Wildman–Crippen MR) is 73.0 cm³/mol. The lowest BCUT2D eigenvalue weighted by molar-refractivity contribution is 0.957. The lowest BCUT2D eigenvalue weighted by Crippen LogP contribution is -1.86. The molecule has 1 heterocycles. The summed E-state index contributed by atoms with van der Waals surface area (Å²) in [5.41, 5.74) is 0. The summed E-state index contributed by atoms with van der Waals surface area (Å²) in [5, 5.41) is 0.766. The number of rotatable bonds is 2.